The van der Waals surface area contributed by atoms with E-state index in [-0.39, 0.29) is 22.6 Å². The van der Waals surface area contributed by atoms with Crippen LogP contribution in [0.2, 0.25) is 0 Å². The fourth-order valence-electron chi connectivity index (χ4n) is 4.20. The first kappa shape index (κ1) is 18.6. The number of hydrogen-bond donors (Lipinski definition) is 1. The molecule has 0 radical (unpaired) electrons. The molecule has 3 fully saturated rings. The van der Waals surface area contributed by atoms with Crippen molar-refractivity contribution in [2.24, 2.45) is 10.8 Å². The van der Waals surface area contributed by atoms with Crippen molar-refractivity contribution < 1.29 is 14.4 Å². The molecule has 140 valence electrons. The van der Waals surface area contributed by atoms with Crippen LogP contribution in [-0.2, 0) is 20.8 Å². The molecule has 3 aliphatic carbocycles. The fourth-order valence-corrected chi connectivity index (χ4v) is 4.20. The minimum absolute atomic E-state index is 0.0618. The zero-order chi connectivity index (χ0) is 18.8. The Morgan fingerprint density at radius 1 is 1.08 bits per heavy atom. The van der Waals surface area contributed by atoms with Gasteiger partial charge in [0.05, 0.1) is 0 Å². The molecule has 3 saturated carbocycles. The molecule has 2 bridgehead atoms. The van der Waals surface area contributed by atoms with Crippen LogP contribution in [-0.4, -0.2) is 36.6 Å². The molecule has 4 rings (SSSR count). The van der Waals surface area contributed by atoms with E-state index >= 15 is 0 Å². The zero-order valence-electron chi connectivity index (χ0n) is 15.7. The molecule has 2 amide bonds. The molecule has 0 heterocycles. The van der Waals surface area contributed by atoms with Crippen LogP contribution in [0.4, 0.5) is 5.69 Å². The van der Waals surface area contributed by atoms with Gasteiger partial charge in [-0.05, 0) is 62.6 Å². The summed E-state index contributed by atoms with van der Waals surface area (Å²) in [5, 5.41) is 3.08. The number of amides is 2. The van der Waals surface area contributed by atoms with Crippen molar-refractivity contribution in [2.45, 2.75) is 51.9 Å². The Balaban J connectivity index is 1.57. The standard InChI is InChI=1S/C21H28N2O3/c1-16(25)23(2)14-7-17-3-5-18(6-4-17)22-19(26)21-11-8-20(15-24,9-12-21)10-13-21/h3-6,15H,7-14H2,1-2H3,(H,22,26). The summed E-state index contributed by atoms with van der Waals surface area (Å²) in [5.41, 5.74) is 1.50. The predicted octanol–water partition coefficient (Wildman–Crippen LogP) is 3.19. The number of nitrogens with one attached hydrogen (secondary N) is 1. The van der Waals surface area contributed by atoms with Gasteiger partial charge in [-0.15, -0.1) is 0 Å². The van der Waals surface area contributed by atoms with Crippen LogP contribution in [0.15, 0.2) is 24.3 Å². The molecule has 0 atom stereocenters. The van der Waals surface area contributed by atoms with Gasteiger partial charge in [-0.1, -0.05) is 12.1 Å². The van der Waals surface area contributed by atoms with Gasteiger partial charge in [0.2, 0.25) is 11.8 Å². The van der Waals surface area contributed by atoms with E-state index in [0.717, 1.165) is 62.5 Å². The Hall–Kier alpha value is -2.17. The van der Waals surface area contributed by atoms with Crippen LogP contribution in [0.1, 0.15) is 51.0 Å². The molecule has 1 aromatic rings. The van der Waals surface area contributed by atoms with Crippen LogP contribution in [0.3, 0.4) is 0 Å². The molecule has 0 unspecified atom stereocenters. The van der Waals surface area contributed by atoms with Crippen LogP contribution < -0.4 is 5.32 Å². The summed E-state index contributed by atoms with van der Waals surface area (Å²) in [5.74, 6) is 0.160. The normalized spacial score (nSPS) is 27.0. The summed E-state index contributed by atoms with van der Waals surface area (Å²) in [7, 11) is 1.80. The topological polar surface area (TPSA) is 66.5 Å². The first-order valence-electron chi connectivity index (χ1n) is 9.47. The van der Waals surface area contributed by atoms with Crippen molar-refractivity contribution in [1.29, 1.82) is 0 Å². The lowest BCUT2D eigenvalue weighted by Crippen LogP contribution is -2.48. The maximum Gasteiger partial charge on any atom is 0.230 e. The molecule has 0 aromatic heterocycles. The molecule has 3 aliphatic rings. The number of benzene rings is 1. The maximum absolute atomic E-state index is 12.9. The second-order valence-electron chi connectivity index (χ2n) is 8.10. The number of anilines is 1. The molecule has 0 spiro atoms. The highest BCUT2D eigenvalue weighted by Gasteiger charge is 2.52. The number of hydrogen-bond acceptors (Lipinski definition) is 3. The molecule has 0 aliphatic heterocycles. The molecule has 5 nitrogen and oxygen atoms in total. The zero-order valence-corrected chi connectivity index (χ0v) is 15.7. The third-order valence-corrected chi connectivity index (χ3v) is 6.52. The van der Waals surface area contributed by atoms with Gasteiger partial charge in [0.1, 0.15) is 6.29 Å². The highest BCUT2D eigenvalue weighted by Crippen LogP contribution is 2.56. The third kappa shape index (κ3) is 3.67. The van der Waals surface area contributed by atoms with E-state index in [1.807, 2.05) is 24.3 Å². The van der Waals surface area contributed by atoms with E-state index in [2.05, 4.69) is 5.32 Å². The molecule has 1 aromatic carbocycles. The molecular weight excluding hydrogens is 328 g/mol. The van der Waals surface area contributed by atoms with Crippen LogP contribution >= 0.6 is 0 Å². The number of nitrogens with zero attached hydrogens (tertiary/aromatic N) is 1. The molecule has 5 heteroatoms. The number of carbonyl (C=O) groups is 3. The van der Waals surface area contributed by atoms with E-state index in [9.17, 15) is 14.4 Å². The minimum Gasteiger partial charge on any atom is -0.346 e. The van der Waals surface area contributed by atoms with Gasteiger partial charge < -0.3 is 15.0 Å². The van der Waals surface area contributed by atoms with Crippen molar-refractivity contribution in [3.63, 3.8) is 0 Å². The molecule has 1 N–H and O–H groups in total. The minimum atomic E-state index is -0.298. The number of carbonyl (C=O) groups excluding carboxylic acids is 3. The summed E-state index contributed by atoms with van der Waals surface area (Å²) in [6.07, 6.45) is 6.87. The van der Waals surface area contributed by atoms with Crippen LogP contribution in [0, 0.1) is 10.8 Å². The third-order valence-electron chi connectivity index (χ3n) is 6.52. The Kier molecular flexibility index (Phi) is 5.17. The second-order valence-corrected chi connectivity index (χ2v) is 8.10. The number of fused-ring (bicyclic) bond motifs is 3. The van der Waals surface area contributed by atoms with Crippen molar-refractivity contribution in [3.8, 4) is 0 Å². The lowest BCUT2D eigenvalue weighted by Gasteiger charge is -2.49. The van der Waals surface area contributed by atoms with E-state index in [1.165, 1.54) is 0 Å². The van der Waals surface area contributed by atoms with Gasteiger partial charge in [0.15, 0.2) is 0 Å². The quantitative estimate of drug-likeness (QED) is 0.796. The van der Waals surface area contributed by atoms with E-state index in [1.54, 1.807) is 18.9 Å². The summed E-state index contributed by atoms with van der Waals surface area (Å²) in [4.78, 5) is 37.2. The van der Waals surface area contributed by atoms with Gasteiger partial charge in [-0.3, -0.25) is 9.59 Å². The van der Waals surface area contributed by atoms with Gasteiger partial charge in [0, 0.05) is 37.0 Å². The van der Waals surface area contributed by atoms with Gasteiger partial charge in [0.25, 0.3) is 0 Å². The lowest BCUT2D eigenvalue weighted by molar-refractivity contribution is -0.139. The van der Waals surface area contributed by atoms with Crippen LogP contribution in [0.25, 0.3) is 0 Å². The van der Waals surface area contributed by atoms with E-state index in [0.29, 0.717) is 6.54 Å². The first-order valence-corrected chi connectivity index (χ1v) is 9.47. The van der Waals surface area contributed by atoms with Gasteiger partial charge in [-0.2, -0.15) is 0 Å². The lowest BCUT2D eigenvalue weighted by atomic mass is 9.54. The SMILES string of the molecule is CC(=O)N(C)CCc1ccc(NC(=O)C23CCC(C=O)(CC2)CC3)cc1. The summed E-state index contributed by atoms with van der Waals surface area (Å²) in [6.45, 7) is 2.25. The van der Waals surface area contributed by atoms with E-state index < -0.39 is 0 Å². The number of aldehydes is 1. The summed E-state index contributed by atoms with van der Waals surface area (Å²) in [6, 6.07) is 7.86. The van der Waals surface area contributed by atoms with Crippen molar-refractivity contribution in [3.05, 3.63) is 29.8 Å². The number of rotatable bonds is 6. The van der Waals surface area contributed by atoms with Crippen LogP contribution in [0.5, 0.6) is 0 Å². The summed E-state index contributed by atoms with van der Waals surface area (Å²) >= 11 is 0. The molecule has 0 saturated heterocycles. The highest BCUT2D eigenvalue weighted by molar-refractivity contribution is 5.95. The van der Waals surface area contributed by atoms with E-state index in [4.69, 9.17) is 0 Å². The number of likely N-dealkylation sites (N-methyl/N-ethyl adjacent to an activating group) is 1. The Morgan fingerprint density at radius 2 is 1.65 bits per heavy atom. The van der Waals surface area contributed by atoms with Gasteiger partial charge >= 0.3 is 0 Å². The Bertz CT molecular complexity index is 671. The largest absolute Gasteiger partial charge is 0.346 e. The van der Waals surface area contributed by atoms with Crippen molar-refractivity contribution in [1.82, 2.24) is 4.90 Å². The predicted molar refractivity (Wildman–Crippen MR) is 101 cm³/mol. The smallest absolute Gasteiger partial charge is 0.230 e. The second kappa shape index (κ2) is 7.22. The Morgan fingerprint density at radius 3 is 2.15 bits per heavy atom. The average molecular weight is 356 g/mol. The Labute approximate surface area is 155 Å². The monoisotopic (exact) mass is 356 g/mol. The van der Waals surface area contributed by atoms with Gasteiger partial charge in [-0.25, -0.2) is 0 Å². The fraction of sp³-hybridized carbons (Fsp3) is 0.571. The molecule has 26 heavy (non-hydrogen) atoms. The highest BCUT2D eigenvalue weighted by atomic mass is 16.2. The molecular formula is C21H28N2O3. The van der Waals surface area contributed by atoms with Crippen molar-refractivity contribution in [2.75, 3.05) is 18.9 Å². The maximum atomic E-state index is 12.9. The average Bonchev–Trinajstić information content (AvgIpc) is 2.68. The summed E-state index contributed by atoms with van der Waals surface area (Å²) < 4.78 is 0. The first-order chi connectivity index (χ1) is 12.4. The van der Waals surface area contributed by atoms with Crippen molar-refractivity contribution >= 4 is 23.8 Å².